The third-order valence-corrected chi connectivity index (χ3v) is 0. The Morgan fingerprint density at radius 1 is 0.556 bits per heavy atom. The quantitative estimate of drug-likeness (QED) is 0.291. The van der Waals surface area contributed by atoms with Crippen molar-refractivity contribution in [2.75, 3.05) is 0 Å². The predicted molar refractivity (Wildman–Crippen MR) is 32.1 cm³/mol. The summed E-state index contributed by atoms with van der Waals surface area (Å²) < 4.78 is 0. The Balaban J connectivity index is -0.0000000257. The number of carbonyl (C=O) groups is 4. The Labute approximate surface area is 133 Å². The van der Waals surface area contributed by atoms with Crippen LogP contribution in [0.15, 0.2) is 0 Å². The zero-order valence-electron chi connectivity index (χ0n) is 8.39. The Bertz CT molecular complexity index is 164. The molecular formula is C4H4NaO12Rh. The first-order chi connectivity index (χ1) is 6.93. The largest absolute Gasteiger partial charge is 3.00 e. The van der Waals surface area contributed by atoms with Crippen molar-refractivity contribution in [1.29, 1.82) is 0 Å². The molecule has 0 unspecified atom stereocenters. The molecule has 0 aromatic heterocycles. The van der Waals surface area contributed by atoms with Crippen LogP contribution in [0.4, 0.5) is 19.2 Å². The molecule has 0 aliphatic carbocycles. The minimum Gasteiger partial charge on any atom is -0.565 e. The van der Waals surface area contributed by atoms with E-state index in [4.69, 9.17) is 60.0 Å². The second-order valence-corrected chi connectivity index (χ2v) is 1.06. The molecule has 102 valence electrons. The van der Waals surface area contributed by atoms with Gasteiger partial charge in [0, 0.05) is 0 Å². The van der Waals surface area contributed by atoms with E-state index in [0.29, 0.717) is 0 Å². The van der Waals surface area contributed by atoms with Crippen molar-refractivity contribution in [3.8, 4) is 0 Å². The third-order valence-electron chi connectivity index (χ3n) is 0. The zero-order chi connectivity index (χ0) is 14.3. The molecule has 0 bridgehead atoms. The molecule has 0 amide bonds. The van der Waals surface area contributed by atoms with E-state index in [1.165, 1.54) is 0 Å². The predicted octanol–water partition coefficient (Wildman–Crippen LogP) is -7.45. The summed E-state index contributed by atoms with van der Waals surface area (Å²) in [4.78, 5) is 33.8. The summed E-state index contributed by atoms with van der Waals surface area (Å²) in [7, 11) is 0. The molecule has 0 aromatic carbocycles. The first-order valence-corrected chi connectivity index (χ1v) is 2.53. The van der Waals surface area contributed by atoms with E-state index in [1.54, 1.807) is 0 Å². The molecule has 0 atom stereocenters. The fourth-order valence-corrected chi connectivity index (χ4v) is 0. The molecule has 0 saturated heterocycles. The van der Waals surface area contributed by atoms with Crippen LogP contribution in [0.25, 0.3) is 0 Å². The fourth-order valence-electron chi connectivity index (χ4n) is 0. The van der Waals surface area contributed by atoms with Gasteiger partial charge in [-0.1, -0.05) is 0 Å². The van der Waals surface area contributed by atoms with Crippen molar-refractivity contribution in [2.45, 2.75) is 0 Å². The number of carboxylic acid groups (broad SMARTS) is 8. The first-order valence-electron chi connectivity index (χ1n) is 2.53. The smallest absolute Gasteiger partial charge is 0.565 e. The van der Waals surface area contributed by atoms with E-state index in [2.05, 4.69) is 0 Å². The summed E-state index contributed by atoms with van der Waals surface area (Å²) in [5.41, 5.74) is 0. The molecule has 14 heteroatoms. The Morgan fingerprint density at radius 3 is 0.556 bits per heavy atom. The number of hydrogen-bond acceptors (Lipinski definition) is 8. The van der Waals surface area contributed by atoms with Crippen LogP contribution in [-0.2, 0) is 19.5 Å². The first kappa shape index (κ1) is 36.0. The van der Waals surface area contributed by atoms with Gasteiger partial charge in [-0.2, -0.15) is 0 Å². The molecule has 12 nitrogen and oxygen atoms in total. The van der Waals surface area contributed by atoms with E-state index in [1.807, 2.05) is 0 Å². The van der Waals surface area contributed by atoms with Crippen molar-refractivity contribution in [3.63, 3.8) is 0 Å². The molecule has 18 heavy (non-hydrogen) atoms. The topological polar surface area (TPSA) is 241 Å². The van der Waals surface area contributed by atoms with Gasteiger partial charge in [0.2, 0.25) is 24.6 Å². The van der Waals surface area contributed by atoms with E-state index in [0.717, 1.165) is 0 Å². The van der Waals surface area contributed by atoms with E-state index in [9.17, 15) is 0 Å². The standard InChI is InChI=1S/4CH2O3.Na.Rh/c4*2-1(3)4;;/h4*(H2,2,3,4);;/q;;;;+1;+3/p-4. The van der Waals surface area contributed by atoms with Gasteiger partial charge < -0.3 is 60.0 Å². The Kier molecular flexibility index (Phi) is 59.2. The van der Waals surface area contributed by atoms with Gasteiger partial charge in [-0.3, -0.25) is 0 Å². The van der Waals surface area contributed by atoms with Crippen LogP contribution in [0.2, 0.25) is 0 Å². The average molecular weight is 370 g/mol. The molecular weight excluding hydrogens is 366 g/mol. The fraction of sp³-hybridized carbons (Fsp3) is 0. The van der Waals surface area contributed by atoms with Crippen LogP contribution in [0, 0.1) is 0 Å². The maximum atomic E-state index is 8.44. The van der Waals surface area contributed by atoms with Gasteiger partial charge in [0.25, 0.3) is 0 Å². The molecule has 0 saturated carbocycles. The minimum absolute atomic E-state index is 0. The second kappa shape index (κ2) is 29.6. The van der Waals surface area contributed by atoms with Gasteiger partial charge in [-0.05, 0) is 0 Å². The summed E-state index contributed by atoms with van der Waals surface area (Å²) in [6, 6.07) is 0. The maximum absolute atomic E-state index is 8.44. The second-order valence-electron chi connectivity index (χ2n) is 1.06. The normalized spacial score (nSPS) is 5.33. The summed E-state index contributed by atoms with van der Waals surface area (Å²) in [6.07, 6.45) is -8.33. The van der Waals surface area contributed by atoms with Crippen LogP contribution in [0.3, 0.4) is 0 Å². The van der Waals surface area contributed by atoms with Crippen molar-refractivity contribution in [1.82, 2.24) is 0 Å². The van der Waals surface area contributed by atoms with Crippen LogP contribution >= 0.6 is 0 Å². The van der Waals surface area contributed by atoms with E-state index in [-0.39, 0.29) is 49.0 Å². The Hall–Kier alpha value is -1.30. The molecule has 0 fully saturated rings. The van der Waals surface area contributed by atoms with Gasteiger partial charge in [0.05, 0.1) is 0 Å². The van der Waals surface area contributed by atoms with Gasteiger partial charge >= 0.3 is 49.0 Å². The van der Waals surface area contributed by atoms with E-state index < -0.39 is 24.6 Å². The van der Waals surface area contributed by atoms with Gasteiger partial charge in [0.1, 0.15) is 0 Å². The van der Waals surface area contributed by atoms with Crippen molar-refractivity contribution >= 4 is 24.6 Å². The molecule has 0 spiro atoms. The van der Waals surface area contributed by atoms with Gasteiger partial charge in [-0.25, -0.2) is 0 Å². The number of rotatable bonds is 0. The molecule has 0 rings (SSSR count). The third kappa shape index (κ3) is 1640. The summed E-state index contributed by atoms with van der Waals surface area (Å²) in [5.74, 6) is 0. The maximum Gasteiger partial charge on any atom is 3.00 e. The minimum atomic E-state index is -2.08. The monoisotopic (exact) mass is 370 g/mol. The summed E-state index contributed by atoms with van der Waals surface area (Å²) in [6.45, 7) is 0. The molecule has 0 heterocycles. The zero-order valence-corrected chi connectivity index (χ0v) is 12.0. The Morgan fingerprint density at radius 2 is 0.556 bits per heavy atom. The van der Waals surface area contributed by atoms with Crippen LogP contribution in [0.5, 0.6) is 0 Å². The van der Waals surface area contributed by atoms with Crippen molar-refractivity contribution < 1.29 is 109 Å². The molecule has 0 aliphatic rings. The van der Waals surface area contributed by atoms with Crippen LogP contribution < -0.4 is 50.0 Å². The van der Waals surface area contributed by atoms with Crippen LogP contribution in [0.1, 0.15) is 0 Å². The molecule has 0 aromatic rings. The molecule has 0 radical (unpaired) electrons. The molecule has 0 aliphatic heterocycles. The van der Waals surface area contributed by atoms with Crippen LogP contribution in [-0.4, -0.2) is 45.0 Å². The van der Waals surface area contributed by atoms with Crippen molar-refractivity contribution in [2.24, 2.45) is 0 Å². The van der Waals surface area contributed by atoms with Gasteiger partial charge in [0.15, 0.2) is 0 Å². The number of hydrogen-bond donors (Lipinski definition) is 4. The summed E-state index contributed by atoms with van der Waals surface area (Å²) >= 11 is 0. The van der Waals surface area contributed by atoms with Crippen molar-refractivity contribution in [3.05, 3.63) is 0 Å². The molecule has 4 N–H and O–H groups in total. The summed E-state index contributed by atoms with van der Waals surface area (Å²) in [5, 5.41) is 61.2. The SMILES string of the molecule is O=C([O-])O.O=C([O-])O.O=C([O-])O.O=C([O-])O.[Na+].[Rh+3]. The van der Waals surface area contributed by atoms with Gasteiger partial charge in [-0.15, -0.1) is 0 Å². The van der Waals surface area contributed by atoms with E-state index >= 15 is 0 Å². The average Bonchev–Trinajstić information content (AvgIpc) is 1.76.